The van der Waals surface area contributed by atoms with Crippen molar-refractivity contribution in [3.63, 3.8) is 0 Å². The van der Waals surface area contributed by atoms with Gasteiger partial charge in [-0.1, -0.05) is 47.5 Å². The van der Waals surface area contributed by atoms with Gasteiger partial charge in [-0.3, -0.25) is 19.3 Å². The SMILES string of the molecule is COc1cc(/C=C2\SC(=O)N(Cc3ccc(Cl)c(Cl)c3)C2=O)ccc1OCC(=O)Nc1cccc(C)c1. The molecule has 7 nitrogen and oxygen atoms in total. The molecule has 1 saturated heterocycles. The second kappa shape index (κ2) is 11.7. The van der Waals surface area contributed by atoms with Crippen LogP contribution in [-0.4, -0.2) is 35.7 Å². The summed E-state index contributed by atoms with van der Waals surface area (Å²) in [5.74, 6) is 0.0273. The van der Waals surface area contributed by atoms with Crippen LogP contribution in [0.15, 0.2) is 65.6 Å². The van der Waals surface area contributed by atoms with Crippen LogP contribution >= 0.6 is 35.0 Å². The van der Waals surface area contributed by atoms with Crippen molar-refractivity contribution in [2.45, 2.75) is 13.5 Å². The lowest BCUT2D eigenvalue weighted by Gasteiger charge is -2.13. The highest BCUT2D eigenvalue weighted by Gasteiger charge is 2.35. The zero-order chi connectivity index (χ0) is 26.5. The van der Waals surface area contributed by atoms with Gasteiger partial charge in [-0.15, -0.1) is 0 Å². The summed E-state index contributed by atoms with van der Waals surface area (Å²) < 4.78 is 11.1. The lowest BCUT2D eigenvalue weighted by atomic mass is 10.1. The molecule has 0 bridgehead atoms. The van der Waals surface area contributed by atoms with E-state index in [1.165, 1.54) is 7.11 Å². The first-order valence-electron chi connectivity index (χ1n) is 11.1. The van der Waals surface area contributed by atoms with Gasteiger partial charge in [0.15, 0.2) is 18.1 Å². The Balaban J connectivity index is 1.42. The Hall–Kier alpha value is -3.46. The molecule has 0 aromatic heterocycles. The normalized spacial score (nSPS) is 14.3. The van der Waals surface area contributed by atoms with Gasteiger partial charge in [-0.05, 0) is 77.9 Å². The molecular weight excluding hydrogens is 535 g/mol. The topological polar surface area (TPSA) is 84.9 Å². The van der Waals surface area contributed by atoms with Gasteiger partial charge < -0.3 is 14.8 Å². The van der Waals surface area contributed by atoms with Crippen LogP contribution in [0.1, 0.15) is 16.7 Å². The molecule has 0 unspecified atom stereocenters. The number of benzene rings is 3. The minimum absolute atomic E-state index is 0.0829. The van der Waals surface area contributed by atoms with Gasteiger partial charge in [0.1, 0.15) is 0 Å². The number of thioether (sulfide) groups is 1. The summed E-state index contributed by atoms with van der Waals surface area (Å²) in [5, 5.41) is 3.15. The van der Waals surface area contributed by atoms with E-state index >= 15 is 0 Å². The van der Waals surface area contributed by atoms with Gasteiger partial charge in [-0.2, -0.15) is 0 Å². The van der Waals surface area contributed by atoms with E-state index in [1.54, 1.807) is 48.5 Å². The van der Waals surface area contributed by atoms with Crippen LogP contribution in [-0.2, 0) is 16.1 Å². The first kappa shape index (κ1) is 26.6. The number of ether oxygens (including phenoxy) is 2. The Morgan fingerprint density at radius 1 is 1.03 bits per heavy atom. The molecule has 1 N–H and O–H groups in total. The molecule has 0 aliphatic carbocycles. The predicted octanol–water partition coefficient (Wildman–Crippen LogP) is 6.56. The highest BCUT2D eigenvalue weighted by molar-refractivity contribution is 8.18. The molecule has 4 rings (SSSR count). The molecule has 190 valence electrons. The van der Waals surface area contributed by atoms with Crippen molar-refractivity contribution in [3.05, 3.63) is 92.3 Å². The average molecular weight is 557 g/mol. The van der Waals surface area contributed by atoms with E-state index < -0.39 is 5.91 Å². The highest BCUT2D eigenvalue weighted by Crippen LogP contribution is 2.36. The smallest absolute Gasteiger partial charge is 0.293 e. The molecule has 0 atom stereocenters. The Morgan fingerprint density at radius 2 is 1.84 bits per heavy atom. The van der Waals surface area contributed by atoms with Crippen molar-refractivity contribution < 1.29 is 23.9 Å². The van der Waals surface area contributed by atoms with Crippen molar-refractivity contribution in [3.8, 4) is 11.5 Å². The van der Waals surface area contributed by atoms with Crippen LogP contribution in [0, 0.1) is 6.92 Å². The number of anilines is 1. The number of nitrogens with one attached hydrogen (secondary N) is 1. The summed E-state index contributed by atoms with van der Waals surface area (Å²) in [4.78, 5) is 39.1. The van der Waals surface area contributed by atoms with E-state index in [4.69, 9.17) is 32.7 Å². The van der Waals surface area contributed by atoms with Crippen molar-refractivity contribution >= 4 is 63.8 Å². The third-order valence-electron chi connectivity index (χ3n) is 5.34. The zero-order valence-electron chi connectivity index (χ0n) is 19.9. The molecule has 1 heterocycles. The third kappa shape index (κ3) is 6.65. The standard InChI is InChI=1S/C27H22Cl2N2O5S/c1-16-4-3-5-19(10-16)30-25(32)15-36-22-9-7-17(12-23(22)35-2)13-24-26(33)31(27(34)37-24)14-18-6-8-20(28)21(29)11-18/h3-13H,14-15H2,1-2H3,(H,30,32)/b24-13-. The van der Waals surface area contributed by atoms with Gasteiger partial charge in [0.2, 0.25) is 0 Å². The van der Waals surface area contributed by atoms with E-state index in [0.717, 1.165) is 22.2 Å². The molecule has 0 saturated carbocycles. The average Bonchev–Trinajstić information content (AvgIpc) is 3.12. The fourth-order valence-electron chi connectivity index (χ4n) is 3.56. The first-order chi connectivity index (χ1) is 17.7. The molecule has 1 aliphatic heterocycles. The zero-order valence-corrected chi connectivity index (χ0v) is 22.2. The summed E-state index contributed by atoms with van der Waals surface area (Å²) in [6.45, 7) is 1.81. The quantitative estimate of drug-likeness (QED) is 0.316. The number of rotatable bonds is 8. The Kier molecular flexibility index (Phi) is 8.43. The number of methoxy groups -OCH3 is 1. The molecule has 0 spiro atoms. The second-order valence-corrected chi connectivity index (χ2v) is 9.94. The predicted molar refractivity (Wildman–Crippen MR) is 146 cm³/mol. The Bertz CT molecular complexity index is 1410. The molecule has 3 aromatic carbocycles. The van der Waals surface area contributed by atoms with Crippen LogP contribution in [0.4, 0.5) is 10.5 Å². The largest absolute Gasteiger partial charge is 0.493 e. The van der Waals surface area contributed by atoms with Crippen LogP contribution in [0.5, 0.6) is 11.5 Å². The summed E-state index contributed by atoms with van der Waals surface area (Å²) in [6.07, 6.45) is 1.61. The van der Waals surface area contributed by atoms with E-state index in [0.29, 0.717) is 38.4 Å². The maximum Gasteiger partial charge on any atom is 0.293 e. The number of carbonyl (C=O) groups is 3. The van der Waals surface area contributed by atoms with Crippen molar-refractivity contribution in [2.75, 3.05) is 19.0 Å². The van der Waals surface area contributed by atoms with E-state index in [1.807, 2.05) is 25.1 Å². The fourth-order valence-corrected chi connectivity index (χ4v) is 4.72. The number of hydrogen-bond acceptors (Lipinski definition) is 6. The van der Waals surface area contributed by atoms with Crippen molar-refractivity contribution in [1.82, 2.24) is 4.90 Å². The monoisotopic (exact) mass is 556 g/mol. The maximum atomic E-state index is 12.9. The highest BCUT2D eigenvalue weighted by atomic mass is 35.5. The van der Waals surface area contributed by atoms with Gasteiger partial charge in [-0.25, -0.2) is 0 Å². The van der Waals surface area contributed by atoms with E-state index in [2.05, 4.69) is 5.32 Å². The molecule has 1 fully saturated rings. The van der Waals surface area contributed by atoms with Crippen molar-refractivity contribution in [2.24, 2.45) is 0 Å². The number of hydrogen-bond donors (Lipinski definition) is 1. The number of imide groups is 1. The van der Waals surface area contributed by atoms with Gasteiger partial charge in [0, 0.05) is 5.69 Å². The summed E-state index contributed by atoms with van der Waals surface area (Å²) in [6, 6.07) is 17.4. The number of halogens is 2. The molecule has 37 heavy (non-hydrogen) atoms. The Labute approximate surface area is 228 Å². The Morgan fingerprint density at radius 3 is 2.57 bits per heavy atom. The molecule has 0 radical (unpaired) electrons. The van der Waals surface area contributed by atoms with Gasteiger partial charge in [0.25, 0.3) is 17.1 Å². The fraction of sp³-hybridized carbons (Fsp3) is 0.148. The van der Waals surface area contributed by atoms with Gasteiger partial charge >= 0.3 is 0 Å². The van der Waals surface area contributed by atoms with Crippen LogP contribution < -0.4 is 14.8 Å². The number of nitrogens with zero attached hydrogens (tertiary/aromatic N) is 1. The lowest BCUT2D eigenvalue weighted by Crippen LogP contribution is -2.27. The third-order valence-corrected chi connectivity index (χ3v) is 6.99. The lowest BCUT2D eigenvalue weighted by molar-refractivity contribution is -0.123. The van der Waals surface area contributed by atoms with Crippen LogP contribution in [0.25, 0.3) is 6.08 Å². The van der Waals surface area contributed by atoms with E-state index in [-0.39, 0.29) is 29.2 Å². The number of carbonyl (C=O) groups excluding carboxylic acids is 3. The van der Waals surface area contributed by atoms with Gasteiger partial charge in [0.05, 0.1) is 28.6 Å². The maximum absolute atomic E-state index is 12.9. The van der Waals surface area contributed by atoms with E-state index in [9.17, 15) is 14.4 Å². The molecule has 1 aliphatic rings. The van der Waals surface area contributed by atoms with Crippen LogP contribution in [0.2, 0.25) is 10.0 Å². The summed E-state index contributed by atoms with van der Waals surface area (Å²) in [5.41, 5.74) is 3.04. The molecule has 10 heteroatoms. The molecule has 3 amide bonds. The second-order valence-electron chi connectivity index (χ2n) is 8.13. The molecular formula is C27H22Cl2N2O5S. The minimum Gasteiger partial charge on any atom is -0.493 e. The summed E-state index contributed by atoms with van der Waals surface area (Å²) >= 11 is 12.8. The first-order valence-corrected chi connectivity index (χ1v) is 12.7. The van der Waals surface area contributed by atoms with Crippen molar-refractivity contribution in [1.29, 1.82) is 0 Å². The van der Waals surface area contributed by atoms with Crippen LogP contribution in [0.3, 0.4) is 0 Å². The summed E-state index contributed by atoms with van der Waals surface area (Å²) in [7, 11) is 1.48. The number of amides is 3. The molecule has 3 aromatic rings. The minimum atomic E-state index is -0.409. The number of aryl methyl sites for hydroxylation is 1.